The van der Waals surface area contributed by atoms with Crippen molar-refractivity contribution in [3.63, 3.8) is 0 Å². The first-order valence-electron chi connectivity index (χ1n) is 7.23. The molecule has 1 unspecified atom stereocenters. The summed E-state index contributed by atoms with van der Waals surface area (Å²) < 4.78 is 10.4. The molecule has 0 N–H and O–H groups in total. The molecule has 1 heterocycles. The van der Waals surface area contributed by atoms with Crippen molar-refractivity contribution in [2.24, 2.45) is 0 Å². The molecule has 2 amide bonds. The van der Waals surface area contributed by atoms with Crippen molar-refractivity contribution in [3.05, 3.63) is 23.8 Å². The van der Waals surface area contributed by atoms with Gasteiger partial charge in [0.15, 0.2) is 11.5 Å². The molecule has 0 aliphatic carbocycles. The van der Waals surface area contributed by atoms with Crippen molar-refractivity contribution in [1.82, 2.24) is 9.80 Å². The summed E-state index contributed by atoms with van der Waals surface area (Å²) in [7, 11) is 4.89. The van der Waals surface area contributed by atoms with E-state index in [1.807, 2.05) is 6.07 Å². The summed E-state index contributed by atoms with van der Waals surface area (Å²) in [4.78, 5) is 27.7. The lowest BCUT2D eigenvalue weighted by Gasteiger charge is -2.37. The lowest BCUT2D eigenvalue weighted by molar-refractivity contribution is -0.149. The maximum atomic E-state index is 12.5. The van der Waals surface area contributed by atoms with Crippen LogP contribution in [0.2, 0.25) is 0 Å². The van der Waals surface area contributed by atoms with Crippen LogP contribution in [0.4, 0.5) is 0 Å². The average molecular weight is 306 g/mol. The number of amides is 2. The second-order valence-corrected chi connectivity index (χ2v) is 5.39. The maximum Gasteiger partial charge on any atom is 0.244 e. The minimum Gasteiger partial charge on any atom is -0.493 e. The SMILES string of the molecule is COc1ccc(CC(=O)N2CCN(C)C(=O)C2C)cc1OC. The highest BCUT2D eigenvalue weighted by molar-refractivity contribution is 5.89. The Bertz CT molecular complexity index is 573. The highest BCUT2D eigenvalue weighted by atomic mass is 16.5. The first kappa shape index (κ1) is 16.1. The predicted octanol–water partition coefficient (Wildman–Crippen LogP) is 0.935. The van der Waals surface area contributed by atoms with Gasteiger partial charge in [0.25, 0.3) is 0 Å². The molecule has 2 rings (SSSR count). The van der Waals surface area contributed by atoms with Crippen molar-refractivity contribution in [2.75, 3.05) is 34.4 Å². The molecule has 1 aliphatic rings. The molecular formula is C16H22N2O4. The van der Waals surface area contributed by atoms with Crippen LogP contribution in [0.5, 0.6) is 11.5 Å². The molecule has 1 saturated heterocycles. The number of rotatable bonds is 4. The largest absolute Gasteiger partial charge is 0.493 e. The lowest BCUT2D eigenvalue weighted by Crippen LogP contribution is -2.56. The standard InChI is InChI=1S/C16H22N2O4/c1-11-16(20)17(2)7-8-18(11)15(19)10-12-5-6-13(21-3)14(9-12)22-4/h5-6,9,11H,7-8,10H2,1-4H3. The van der Waals surface area contributed by atoms with Crippen LogP contribution in [0.25, 0.3) is 0 Å². The quantitative estimate of drug-likeness (QED) is 0.830. The molecule has 1 atom stereocenters. The lowest BCUT2D eigenvalue weighted by atomic mass is 10.1. The van der Waals surface area contributed by atoms with Gasteiger partial charge in [-0.05, 0) is 24.6 Å². The summed E-state index contributed by atoms with van der Waals surface area (Å²) in [5.41, 5.74) is 0.834. The second kappa shape index (κ2) is 6.68. The number of carbonyl (C=O) groups excluding carboxylic acids is 2. The van der Waals surface area contributed by atoms with Crippen molar-refractivity contribution in [3.8, 4) is 11.5 Å². The van der Waals surface area contributed by atoms with E-state index in [-0.39, 0.29) is 18.2 Å². The van der Waals surface area contributed by atoms with Gasteiger partial charge in [-0.15, -0.1) is 0 Å². The topological polar surface area (TPSA) is 59.1 Å². The predicted molar refractivity (Wildman–Crippen MR) is 82.1 cm³/mol. The third-order valence-corrected chi connectivity index (χ3v) is 4.00. The number of piperazine rings is 1. The van der Waals surface area contributed by atoms with Gasteiger partial charge in [-0.1, -0.05) is 6.07 Å². The van der Waals surface area contributed by atoms with Gasteiger partial charge < -0.3 is 19.3 Å². The molecule has 0 radical (unpaired) electrons. The number of nitrogens with zero attached hydrogens (tertiary/aromatic N) is 2. The van der Waals surface area contributed by atoms with E-state index in [9.17, 15) is 9.59 Å². The normalized spacial score (nSPS) is 18.4. The molecule has 0 spiro atoms. The van der Waals surface area contributed by atoms with Gasteiger partial charge in [0.2, 0.25) is 11.8 Å². The van der Waals surface area contributed by atoms with E-state index in [0.29, 0.717) is 24.6 Å². The summed E-state index contributed by atoms with van der Waals surface area (Å²) in [6.07, 6.45) is 0.238. The van der Waals surface area contributed by atoms with Crippen molar-refractivity contribution in [1.29, 1.82) is 0 Å². The molecule has 1 aromatic rings. The number of methoxy groups -OCH3 is 2. The smallest absolute Gasteiger partial charge is 0.244 e. The van der Waals surface area contributed by atoms with Gasteiger partial charge in [-0.3, -0.25) is 9.59 Å². The number of benzene rings is 1. The van der Waals surface area contributed by atoms with E-state index in [2.05, 4.69) is 0 Å². The molecule has 6 nitrogen and oxygen atoms in total. The molecule has 22 heavy (non-hydrogen) atoms. The fourth-order valence-corrected chi connectivity index (χ4v) is 2.62. The Morgan fingerprint density at radius 2 is 1.91 bits per heavy atom. The molecule has 120 valence electrons. The number of hydrogen-bond donors (Lipinski definition) is 0. The van der Waals surface area contributed by atoms with E-state index < -0.39 is 6.04 Å². The van der Waals surface area contributed by atoms with Crippen LogP contribution < -0.4 is 9.47 Å². The Morgan fingerprint density at radius 3 is 2.55 bits per heavy atom. The van der Waals surface area contributed by atoms with Crippen LogP contribution in [-0.4, -0.2) is 62.0 Å². The van der Waals surface area contributed by atoms with Crippen molar-refractivity contribution in [2.45, 2.75) is 19.4 Å². The van der Waals surface area contributed by atoms with Crippen LogP contribution in [-0.2, 0) is 16.0 Å². The van der Waals surface area contributed by atoms with Gasteiger partial charge in [0, 0.05) is 20.1 Å². The van der Waals surface area contributed by atoms with E-state index >= 15 is 0 Å². The van der Waals surface area contributed by atoms with Crippen molar-refractivity contribution >= 4 is 11.8 Å². The van der Waals surface area contributed by atoms with Gasteiger partial charge in [-0.2, -0.15) is 0 Å². The minimum absolute atomic E-state index is 0.0214. The fourth-order valence-electron chi connectivity index (χ4n) is 2.62. The minimum atomic E-state index is -0.411. The van der Waals surface area contributed by atoms with E-state index in [1.54, 1.807) is 50.1 Å². The molecule has 0 aromatic heterocycles. The van der Waals surface area contributed by atoms with E-state index in [4.69, 9.17) is 9.47 Å². The fraction of sp³-hybridized carbons (Fsp3) is 0.500. The van der Waals surface area contributed by atoms with E-state index in [1.165, 1.54) is 0 Å². The second-order valence-electron chi connectivity index (χ2n) is 5.39. The van der Waals surface area contributed by atoms with Gasteiger partial charge in [0.05, 0.1) is 20.6 Å². The number of hydrogen-bond acceptors (Lipinski definition) is 4. The Balaban J connectivity index is 2.10. The Kier molecular flexibility index (Phi) is 4.90. The first-order chi connectivity index (χ1) is 10.5. The van der Waals surface area contributed by atoms with Gasteiger partial charge in [-0.25, -0.2) is 0 Å². The summed E-state index contributed by atoms with van der Waals surface area (Å²) in [5, 5.41) is 0. The molecule has 1 fully saturated rings. The summed E-state index contributed by atoms with van der Waals surface area (Å²) >= 11 is 0. The zero-order valence-corrected chi connectivity index (χ0v) is 13.5. The molecule has 1 aliphatic heterocycles. The molecule has 6 heteroatoms. The van der Waals surface area contributed by atoms with E-state index in [0.717, 1.165) is 5.56 Å². The Morgan fingerprint density at radius 1 is 1.23 bits per heavy atom. The molecule has 0 saturated carbocycles. The Hall–Kier alpha value is -2.24. The third kappa shape index (κ3) is 3.16. The van der Waals surface area contributed by atoms with Crippen LogP contribution in [0, 0.1) is 0 Å². The number of likely N-dealkylation sites (N-methyl/N-ethyl adjacent to an activating group) is 1. The molecule has 1 aromatic carbocycles. The van der Waals surface area contributed by atoms with Crippen LogP contribution >= 0.6 is 0 Å². The van der Waals surface area contributed by atoms with Crippen LogP contribution in [0.3, 0.4) is 0 Å². The summed E-state index contributed by atoms with van der Waals surface area (Å²) in [6, 6.07) is 4.99. The van der Waals surface area contributed by atoms with Crippen LogP contribution in [0.1, 0.15) is 12.5 Å². The zero-order valence-electron chi connectivity index (χ0n) is 13.5. The van der Waals surface area contributed by atoms with Crippen molar-refractivity contribution < 1.29 is 19.1 Å². The third-order valence-electron chi connectivity index (χ3n) is 4.00. The highest BCUT2D eigenvalue weighted by Gasteiger charge is 2.32. The monoisotopic (exact) mass is 306 g/mol. The summed E-state index contributed by atoms with van der Waals surface area (Å²) in [6.45, 7) is 2.90. The number of ether oxygens (including phenoxy) is 2. The van der Waals surface area contributed by atoms with Crippen LogP contribution in [0.15, 0.2) is 18.2 Å². The first-order valence-corrected chi connectivity index (χ1v) is 7.23. The molecular weight excluding hydrogens is 284 g/mol. The number of carbonyl (C=O) groups is 2. The summed E-state index contributed by atoms with van der Waals surface area (Å²) in [5.74, 6) is 1.14. The van der Waals surface area contributed by atoms with Gasteiger partial charge >= 0.3 is 0 Å². The molecule has 0 bridgehead atoms. The maximum absolute atomic E-state index is 12.5. The zero-order chi connectivity index (χ0) is 16.3. The average Bonchev–Trinajstić information content (AvgIpc) is 2.52. The highest BCUT2D eigenvalue weighted by Crippen LogP contribution is 2.28. The Labute approximate surface area is 130 Å². The van der Waals surface area contributed by atoms with Gasteiger partial charge in [0.1, 0.15) is 6.04 Å².